The van der Waals surface area contributed by atoms with Crippen molar-refractivity contribution in [2.24, 2.45) is 0 Å². The van der Waals surface area contributed by atoms with Crippen LogP contribution < -0.4 is 5.19 Å². The summed E-state index contributed by atoms with van der Waals surface area (Å²) < 4.78 is 53.8. The first kappa shape index (κ1) is 43.0. The van der Waals surface area contributed by atoms with Crippen LogP contribution in [0.5, 0.6) is 0 Å². The van der Waals surface area contributed by atoms with E-state index in [1.807, 2.05) is 48.7 Å². The second-order valence-corrected chi connectivity index (χ2v) is 24.5. The predicted octanol–water partition coefficient (Wildman–Crippen LogP) is 16.3. The Labute approximate surface area is 425 Å². The van der Waals surface area contributed by atoms with E-state index in [1.165, 1.54) is 28.4 Å². The summed E-state index contributed by atoms with van der Waals surface area (Å²) in [6.07, 6.45) is 1.93. The van der Waals surface area contributed by atoms with Crippen molar-refractivity contribution < 1.29 is 37.4 Å². The molecule has 70 heavy (non-hydrogen) atoms. The van der Waals surface area contributed by atoms with E-state index >= 15 is 0 Å². The molecule has 0 N–H and O–H groups in total. The number of para-hydroxylation sites is 1. The van der Waals surface area contributed by atoms with Crippen LogP contribution in [-0.2, 0) is 20.1 Å². The standard InChI is InChI=1S/C47H36N3O2.C14H15FNSi.Ir/c1-26(2)35-23-31(29-13-7-6-8-14-29)24-36(27(3)4)43(35)50-44-32-16-10-9-15-30(32)20-22-38(44)48-46(50)34-21-19-28(5)41-42-40(51-45(34)41)25-37-33-17-11-12-18-39(33)52-47(37)49-42;1-17(2,3)13-8-9-14(16-10-13)11-4-6-12(15)7-5-11;/h6-20,22-27H,1-5H3;4,6-10H,1-3H3;/q2*-1;/i5D3;;. The molecule has 0 aliphatic rings. The fourth-order valence-electron chi connectivity index (χ4n) is 9.43. The van der Waals surface area contributed by atoms with Crippen LogP contribution in [0.1, 0.15) is 60.3 Å². The Balaban J connectivity index is 0.000000289. The van der Waals surface area contributed by atoms with Crippen molar-refractivity contribution in [3.05, 3.63) is 186 Å². The van der Waals surface area contributed by atoms with Crippen LogP contribution in [0.4, 0.5) is 4.39 Å². The zero-order chi connectivity index (χ0) is 50.2. The van der Waals surface area contributed by atoms with Crippen LogP contribution in [0.2, 0.25) is 19.6 Å². The van der Waals surface area contributed by atoms with Crippen LogP contribution in [0.3, 0.4) is 0 Å². The Morgan fingerprint density at radius 3 is 2.10 bits per heavy atom. The Kier molecular flexibility index (Phi) is 11.3. The molecule has 0 amide bonds. The van der Waals surface area contributed by atoms with Gasteiger partial charge in [0.1, 0.15) is 16.7 Å². The molecule has 12 aromatic rings. The summed E-state index contributed by atoms with van der Waals surface area (Å²) in [6, 6.07) is 53.7. The quantitative estimate of drug-likeness (QED) is 0.117. The van der Waals surface area contributed by atoms with Gasteiger partial charge in [-0.05, 0) is 86.1 Å². The molecule has 0 spiro atoms. The summed E-state index contributed by atoms with van der Waals surface area (Å²) in [4.78, 5) is 14.7. The van der Waals surface area contributed by atoms with Gasteiger partial charge in [-0.1, -0.05) is 151 Å². The van der Waals surface area contributed by atoms with Gasteiger partial charge in [0.25, 0.3) is 0 Å². The summed E-state index contributed by atoms with van der Waals surface area (Å²) in [7, 11) is -1.30. The molecule has 9 heteroatoms. The molecule has 349 valence electrons. The van der Waals surface area contributed by atoms with Gasteiger partial charge < -0.3 is 18.4 Å². The minimum absolute atomic E-state index is 0. The topological polar surface area (TPSA) is 69.9 Å². The number of nitrogens with zero attached hydrogens (tertiary/aromatic N) is 4. The van der Waals surface area contributed by atoms with E-state index in [0.29, 0.717) is 44.8 Å². The molecule has 0 aliphatic carbocycles. The number of fused-ring (bicyclic) bond motifs is 9. The van der Waals surface area contributed by atoms with E-state index in [0.717, 1.165) is 60.6 Å². The maximum Gasteiger partial charge on any atom is 0.228 e. The number of aromatic nitrogens is 4. The van der Waals surface area contributed by atoms with Gasteiger partial charge in [0.15, 0.2) is 0 Å². The molecule has 0 unspecified atom stereocenters. The number of hydrogen-bond donors (Lipinski definition) is 0. The third kappa shape index (κ3) is 8.25. The van der Waals surface area contributed by atoms with Crippen LogP contribution in [0.15, 0.2) is 161 Å². The molecule has 0 aliphatic heterocycles. The minimum Gasteiger partial charge on any atom is -0.499 e. The Morgan fingerprint density at radius 1 is 0.686 bits per heavy atom. The van der Waals surface area contributed by atoms with Crippen molar-refractivity contribution in [2.45, 2.75) is 66.0 Å². The van der Waals surface area contributed by atoms with E-state index in [-0.39, 0.29) is 43.3 Å². The number of furan rings is 2. The van der Waals surface area contributed by atoms with Gasteiger partial charge in [-0.3, -0.25) is 9.37 Å². The smallest absolute Gasteiger partial charge is 0.228 e. The maximum atomic E-state index is 12.8. The van der Waals surface area contributed by atoms with Crippen molar-refractivity contribution >= 4 is 79.2 Å². The molecule has 0 atom stereocenters. The van der Waals surface area contributed by atoms with E-state index in [2.05, 4.69) is 148 Å². The fourth-order valence-corrected chi connectivity index (χ4v) is 10.5. The monoisotopic (exact) mass is 1110 g/mol. The minimum atomic E-state index is -2.46. The Hall–Kier alpha value is -7.03. The molecule has 0 bridgehead atoms. The first-order valence-electron chi connectivity index (χ1n) is 24.9. The molecule has 0 fully saturated rings. The van der Waals surface area contributed by atoms with Gasteiger partial charge in [-0.2, -0.15) is 0 Å². The summed E-state index contributed by atoms with van der Waals surface area (Å²) >= 11 is 0. The summed E-state index contributed by atoms with van der Waals surface area (Å²) in [6.45, 7) is 13.3. The number of hydrogen-bond acceptors (Lipinski definition) is 5. The van der Waals surface area contributed by atoms with E-state index in [9.17, 15) is 4.39 Å². The third-order valence-corrected chi connectivity index (χ3v) is 15.1. The molecular weight excluding hydrogens is 1060 g/mol. The van der Waals surface area contributed by atoms with Crippen molar-refractivity contribution in [3.63, 3.8) is 0 Å². The van der Waals surface area contributed by atoms with Crippen LogP contribution in [-0.4, -0.2) is 27.6 Å². The van der Waals surface area contributed by atoms with E-state index in [4.69, 9.17) is 22.9 Å². The van der Waals surface area contributed by atoms with Gasteiger partial charge in [0.05, 0.1) is 35.9 Å². The van der Waals surface area contributed by atoms with Gasteiger partial charge in [0, 0.05) is 52.7 Å². The molecule has 12 rings (SSSR count). The fraction of sp³-hybridized carbons (Fsp3) is 0.164. The van der Waals surface area contributed by atoms with Gasteiger partial charge >= 0.3 is 0 Å². The summed E-state index contributed by atoms with van der Waals surface area (Å²) in [5, 5.41) is 5.58. The van der Waals surface area contributed by atoms with Gasteiger partial charge in [-0.25, -0.2) is 4.98 Å². The molecular formula is C61H51FIrN4O2Si-2. The molecule has 5 aromatic heterocycles. The zero-order valence-electron chi connectivity index (χ0n) is 42.9. The predicted molar refractivity (Wildman–Crippen MR) is 285 cm³/mol. The molecule has 0 saturated heterocycles. The van der Waals surface area contributed by atoms with Crippen LogP contribution >= 0.6 is 0 Å². The zero-order valence-corrected chi connectivity index (χ0v) is 43.3. The first-order chi connectivity index (χ1) is 34.5. The van der Waals surface area contributed by atoms with Crippen LogP contribution in [0.25, 0.3) is 105 Å². The molecule has 1 radical (unpaired) electrons. The molecule has 7 aromatic carbocycles. The van der Waals surface area contributed by atoms with Crippen molar-refractivity contribution in [3.8, 4) is 39.5 Å². The van der Waals surface area contributed by atoms with E-state index in [1.54, 1.807) is 12.1 Å². The summed E-state index contributed by atoms with van der Waals surface area (Å²) in [5.41, 5.74) is 12.2. The number of imidazole rings is 1. The first-order valence-corrected chi connectivity index (χ1v) is 26.9. The molecule has 0 saturated carbocycles. The number of benzene rings is 7. The molecule has 6 nitrogen and oxygen atoms in total. The van der Waals surface area contributed by atoms with Gasteiger partial charge in [-0.15, -0.1) is 47.5 Å². The number of halogens is 1. The van der Waals surface area contributed by atoms with Gasteiger partial charge in [0.2, 0.25) is 5.71 Å². The third-order valence-electron chi connectivity index (χ3n) is 13.1. The maximum absolute atomic E-state index is 12.8. The van der Waals surface area contributed by atoms with E-state index < -0.39 is 14.9 Å². The number of aryl methyl sites for hydroxylation is 1. The number of pyridine rings is 2. The second kappa shape index (κ2) is 18.4. The summed E-state index contributed by atoms with van der Waals surface area (Å²) in [5.74, 6) is 0.642. The number of rotatable bonds is 7. The van der Waals surface area contributed by atoms with Crippen molar-refractivity contribution in [1.29, 1.82) is 0 Å². The average Bonchev–Trinajstić information content (AvgIpc) is 4.06. The van der Waals surface area contributed by atoms with Crippen molar-refractivity contribution in [2.75, 3.05) is 0 Å². The normalized spacial score (nSPS) is 12.7. The molecule has 5 heterocycles. The SMILES string of the molecule is C[Si](C)(C)c1ccc(-c2[c-]cc(F)cc2)nc1.[2H]C([2H])([2H])c1c[c-]c(-c2nc3ccc4ccccc4c3n2-c2c(C(C)C)cc(-c3ccccc3)cc2C(C)C)c2oc3cc4c(nc3c12)oc1ccccc14.[Ir]. The average molecular weight is 1110 g/mol. The second-order valence-electron chi connectivity index (χ2n) is 19.4. The largest absolute Gasteiger partial charge is 0.499 e. The van der Waals surface area contributed by atoms with Crippen molar-refractivity contribution in [1.82, 2.24) is 19.5 Å². The Morgan fingerprint density at radius 2 is 1.41 bits per heavy atom. The Bertz CT molecular complexity index is 4000. The van der Waals surface area contributed by atoms with Crippen LogP contribution in [0, 0.1) is 24.8 Å².